The van der Waals surface area contributed by atoms with Gasteiger partial charge in [0, 0.05) is 24.6 Å². The van der Waals surface area contributed by atoms with E-state index in [-0.39, 0.29) is 17.4 Å². The number of methoxy groups -OCH3 is 1. The second-order valence-electron chi connectivity index (χ2n) is 8.76. The first-order chi connectivity index (χ1) is 16.0. The van der Waals surface area contributed by atoms with Crippen LogP contribution in [0.25, 0.3) is 17.0 Å². The monoisotopic (exact) mass is 460 g/mol. The quantitative estimate of drug-likeness (QED) is 0.593. The first-order valence-electron chi connectivity index (χ1n) is 11.5. The van der Waals surface area contributed by atoms with Gasteiger partial charge in [-0.2, -0.15) is 5.10 Å². The molecule has 2 fully saturated rings. The predicted octanol–water partition coefficient (Wildman–Crippen LogP) is 4.24. The Labute approximate surface area is 189 Å². The summed E-state index contributed by atoms with van der Waals surface area (Å²) in [5, 5.41) is 10.6. The number of imidazole rings is 1. The number of aromatic nitrogens is 4. The molecule has 2 N–H and O–H groups in total. The maximum atomic E-state index is 14.9. The maximum absolute atomic E-state index is 14.9. The lowest BCUT2D eigenvalue weighted by atomic mass is 9.86. The second-order valence-corrected chi connectivity index (χ2v) is 8.76. The van der Waals surface area contributed by atoms with Crippen LogP contribution in [-0.4, -0.2) is 52.0 Å². The fourth-order valence-corrected chi connectivity index (χ4v) is 4.79. The van der Waals surface area contributed by atoms with E-state index in [0.29, 0.717) is 36.6 Å². The van der Waals surface area contributed by atoms with Gasteiger partial charge in [0.1, 0.15) is 29.0 Å². The molecule has 2 aliphatic rings. The van der Waals surface area contributed by atoms with Crippen molar-refractivity contribution in [2.45, 2.75) is 56.7 Å². The summed E-state index contributed by atoms with van der Waals surface area (Å²) in [6.07, 6.45) is 6.10. The van der Waals surface area contributed by atoms with Gasteiger partial charge in [0.2, 0.25) is 0 Å². The summed E-state index contributed by atoms with van der Waals surface area (Å²) in [6.45, 7) is 0.890. The third-order valence-electron chi connectivity index (χ3n) is 6.59. The van der Waals surface area contributed by atoms with Crippen molar-refractivity contribution in [1.29, 1.82) is 0 Å². The van der Waals surface area contributed by atoms with E-state index >= 15 is 0 Å². The van der Waals surface area contributed by atoms with E-state index < -0.39 is 23.8 Å². The Balaban J connectivity index is 1.55. The fourth-order valence-electron chi connectivity index (χ4n) is 4.79. The number of nitrogens with one attached hydrogen (secondary N) is 2. The molecule has 0 radical (unpaired) electrons. The van der Waals surface area contributed by atoms with E-state index in [9.17, 15) is 13.2 Å². The van der Waals surface area contributed by atoms with Gasteiger partial charge in [-0.05, 0) is 25.8 Å². The molecule has 0 unspecified atom stereocenters. The molecule has 0 spiro atoms. The SMILES string of the molecule is COc1cc2ncc(-c3nc(N[C@H]4CNCC[C@@H]4F)c(F)cc3F)n2nc1C1CCCCC1. The highest BCUT2D eigenvalue weighted by Crippen LogP contribution is 2.37. The minimum Gasteiger partial charge on any atom is -0.495 e. The number of nitrogens with zero attached hydrogens (tertiary/aromatic N) is 4. The Morgan fingerprint density at radius 1 is 1.12 bits per heavy atom. The van der Waals surface area contributed by atoms with Crippen LogP contribution in [0.15, 0.2) is 18.3 Å². The molecular formula is C23H27F3N6O. The van der Waals surface area contributed by atoms with Crippen molar-refractivity contribution in [2.75, 3.05) is 25.5 Å². The Morgan fingerprint density at radius 3 is 2.70 bits per heavy atom. The van der Waals surface area contributed by atoms with Gasteiger partial charge < -0.3 is 15.4 Å². The summed E-state index contributed by atoms with van der Waals surface area (Å²) in [5.41, 5.74) is 1.47. The largest absolute Gasteiger partial charge is 0.495 e. The second kappa shape index (κ2) is 9.17. The number of alkyl halides is 1. The van der Waals surface area contributed by atoms with Gasteiger partial charge in [0.25, 0.3) is 0 Å². The first kappa shape index (κ1) is 21.9. The number of halogens is 3. The van der Waals surface area contributed by atoms with Crippen LogP contribution in [0.5, 0.6) is 5.75 Å². The first-order valence-corrected chi connectivity index (χ1v) is 11.5. The lowest BCUT2D eigenvalue weighted by Gasteiger charge is -2.28. The third-order valence-corrected chi connectivity index (χ3v) is 6.59. The molecule has 176 valence electrons. The molecule has 0 aromatic carbocycles. The van der Waals surface area contributed by atoms with Crippen molar-refractivity contribution in [3.05, 3.63) is 35.7 Å². The molecular weight excluding hydrogens is 433 g/mol. The van der Waals surface area contributed by atoms with Gasteiger partial charge >= 0.3 is 0 Å². The number of hydrogen-bond acceptors (Lipinski definition) is 6. The van der Waals surface area contributed by atoms with E-state index in [1.165, 1.54) is 17.1 Å². The molecule has 3 aromatic rings. The molecule has 1 saturated heterocycles. The van der Waals surface area contributed by atoms with Gasteiger partial charge in [-0.25, -0.2) is 27.7 Å². The minimum atomic E-state index is -1.15. The standard InChI is InChI=1S/C23H27F3N6O/c1-33-19-10-20-28-12-18(32(20)31-21(19)13-5-3-2-4-6-13)22-15(25)9-16(26)23(30-22)29-17-11-27-8-7-14(17)24/h9-10,12-14,17,27H,2-8,11H2,1H3,(H,29,30)/t14-,17-/m0/s1. The molecule has 3 aromatic heterocycles. The van der Waals surface area contributed by atoms with E-state index in [2.05, 4.69) is 20.6 Å². The summed E-state index contributed by atoms with van der Waals surface area (Å²) in [7, 11) is 1.60. The molecule has 10 heteroatoms. The molecule has 2 atom stereocenters. The Bertz CT molecular complexity index is 1150. The van der Waals surface area contributed by atoms with Crippen LogP contribution in [0.1, 0.15) is 50.1 Å². The van der Waals surface area contributed by atoms with Crippen LogP contribution in [0, 0.1) is 11.6 Å². The molecule has 0 bridgehead atoms. The molecule has 5 rings (SSSR count). The molecule has 1 aliphatic carbocycles. The lowest BCUT2D eigenvalue weighted by molar-refractivity contribution is 0.240. The molecule has 1 aliphatic heterocycles. The summed E-state index contributed by atoms with van der Waals surface area (Å²) < 4.78 is 50.7. The Morgan fingerprint density at radius 2 is 1.94 bits per heavy atom. The zero-order valence-corrected chi connectivity index (χ0v) is 18.5. The highest BCUT2D eigenvalue weighted by Gasteiger charge is 2.28. The lowest BCUT2D eigenvalue weighted by Crippen LogP contribution is -2.46. The smallest absolute Gasteiger partial charge is 0.168 e. The Hall–Kier alpha value is -2.88. The normalized spacial score (nSPS) is 21.9. The average Bonchev–Trinajstić information content (AvgIpc) is 3.24. The van der Waals surface area contributed by atoms with Crippen molar-refractivity contribution >= 4 is 11.5 Å². The number of rotatable bonds is 5. The van der Waals surface area contributed by atoms with E-state index in [4.69, 9.17) is 9.84 Å². The van der Waals surface area contributed by atoms with Crippen LogP contribution >= 0.6 is 0 Å². The summed E-state index contributed by atoms with van der Waals surface area (Å²) in [4.78, 5) is 8.53. The van der Waals surface area contributed by atoms with Crippen molar-refractivity contribution in [1.82, 2.24) is 24.9 Å². The average molecular weight is 461 g/mol. The fraction of sp³-hybridized carbons (Fsp3) is 0.522. The van der Waals surface area contributed by atoms with Gasteiger partial charge in [0.05, 0.1) is 19.3 Å². The maximum Gasteiger partial charge on any atom is 0.168 e. The van der Waals surface area contributed by atoms with E-state index in [1.807, 2.05) is 0 Å². The number of ether oxygens (including phenoxy) is 1. The molecule has 1 saturated carbocycles. The van der Waals surface area contributed by atoms with Crippen molar-refractivity contribution in [3.8, 4) is 17.1 Å². The van der Waals surface area contributed by atoms with Gasteiger partial charge in [-0.15, -0.1) is 0 Å². The number of piperidine rings is 1. The molecule has 33 heavy (non-hydrogen) atoms. The molecule has 0 amide bonds. The predicted molar refractivity (Wildman–Crippen MR) is 118 cm³/mol. The van der Waals surface area contributed by atoms with E-state index in [0.717, 1.165) is 37.4 Å². The summed E-state index contributed by atoms with van der Waals surface area (Å²) in [5.74, 6) is -1.01. The number of hydrogen-bond donors (Lipinski definition) is 2. The molecule has 7 nitrogen and oxygen atoms in total. The highest BCUT2D eigenvalue weighted by molar-refractivity contribution is 5.63. The number of anilines is 1. The van der Waals surface area contributed by atoms with Crippen molar-refractivity contribution in [3.63, 3.8) is 0 Å². The van der Waals surface area contributed by atoms with Crippen LogP contribution in [0.2, 0.25) is 0 Å². The van der Waals surface area contributed by atoms with Crippen LogP contribution < -0.4 is 15.4 Å². The van der Waals surface area contributed by atoms with Crippen LogP contribution in [0.4, 0.5) is 19.0 Å². The molecule has 4 heterocycles. The summed E-state index contributed by atoms with van der Waals surface area (Å²) in [6, 6.07) is 1.89. The van der Waals surface area contributed by atoms with Crippen LogP contribution in [0.3, 0.4) is 0 Å². The number of pyridine rings is 1. The number of fused-ring (bicyclic) bond motifs is 1. The minimum absolute atomic E-state index is 0.0992. The summed E-state index contributed by atoms with van der Waals surface area (Å²) >= 11 is 0. The van der Waals surface area contributed by atoms with Crippen molar-refractivity contribution < 1.29 is 17.9 Å². The van der Waals surface area contributed by atoms with Gasteiger partial charge in [-0.1, -0.05) is 19.3 Å². The topological polar surface area (TPSA) is 76.4 Å². The van der Waals surface area contributed by atoms with Crippen molar-refractivity contribution in [2.24, 2.45) is 0 Å². The van der Waals surface area contributed by atoms with E-state index in [1.54, 1.807) is 13.2 Å². The zero-order valence-electron chi connectivity index (χ0n) is 18.5. The zero-order chi connectivity index (χ0) is 22.9. The third kappa shape index (κ3) is 4.23. The Kier molecular flexibility index (Phi) is 6.09. The van der Waals surface area contributed by atoms with Gasteiger partial charge in [0.15, 0.2) is 23.1 Å². The highest BCUT2D eigenvalue weighted by atomic mass is 19.1. The van der Waals surface area contributed by atoms with Crippen LogP contribution in [-0.2, 0) is 0 Å². The van der Waals surface area contributed by atoms with Gasteiger partial charge in [-0.3, -0.25) is 0 Å².